The molecule has 0 bridgehead atoms. The highest BCUT2D eigenvalue weighted by Crippen LogP contribution is 2.53. The summed E-state index contributed by atoms with van der Waals surface area (Å²) in [4.78, 5) is 26.0. The van der Waals surface area contributed by atoms with Crippen LogP contribution in [0.2, 0.25) is 0 Å². The maximum absolute atomic E-state index is 13.0. The standard InChI is InChI=1S/C17H21NO4/c1-11-9-18(10-12(11)15(19)20)16(21)17(7-8-17)13-5-3-4-6-14(13)22-2/h3-6,11-12H,7-10H2,1-2H3,(H,19,20)/t11-,12-/m1/s1. The van der Waals surface area contributed by atoms with Crippen LogP contribution in [0.4, 0.5) is 0 Å². The summed E-state index contributed by atoms with van der Waals surface area (Å²) in [5.74, 6) is -0.500. The lowest BCUT2D eigenvalue weighted by Gasteiger charge is -2.24. The molecule has 3 rings (SSSR count). The number of carbonyl (C=O) groups is 2. The zero-order valence-corrected chi connectivity index (χ0v) is 12.9. The fourth-order valence-electron chi connectivity index (χ4n) is 3.52. The lowest BCUT2D eigenvalue weighted by molar-refractivity contribution is -0.142. The Morgan fingerprint density at radius 1 is 1.27 bits per heavy atom. The van der Waals surface area contributed by atoms with Gasteiger partial charge in [-0.1, -0.05) is 25.1 Å². The van der Waals surface area contributed by atoms with E-state index in [0.29, 0.717) is 13.1 Å². The Hall–Kier alpha value is -2.04. The topological polar surface area (TPSA) is 66.8 Å². The number of carbonyl (C=O) groups excluding carboxylic acids is 1. The first kappa shape index (κ1) is 14.9. The van der Waals surface area contributed by atoms with Crippen molar-refractivity contribution in [3.63, 3.8) is 0 Å². The van der Waals surface area contributed by atoms with Gasteiger partial charge in [0.15, 0.2) is 0 Å². The van der Waals surface area contributed by atoms with E-state index < -0.39 is 17.3 Å². The number of para-hydroxylation sites is 1. The van der Waals surface area contributed by atoms with Gasteiger partial charge in [-0.2, -0.15) is 0 Å². The lowest BCUT2D eigenvalue weighted by Crippen LogP contribution is -2.38. The summed E-state index contributed by atoms with van der Waals surface area (Å²) in [7, 11) is 1.61. The van der Waals surface area contributed by atoms with Gasteiger partial charge in [0, 0.05) is 18.7 Å². The summed E-state index contributed by atoms with van der Waals surface area (Å²) in [6.07, 6.45) is 1.60. The second-order valence-electron chi connectivity index (χ2n) is 6.41. The normalized spacial score (nSPS) is 25.8. The van der Waals surface area contributed by atoms with Gasteiger partial charge in [0.25, 0.3) is 0 Å². The van der Waals surface area contributed by atoms with Crippen LogP contribution in [0.15, 0.2) is 24.3 Å². The SMILES string of the molecule is COc1ccccc1C1(C(=O)N2C[C@@H](C)[C@H](C(=O)O)C2)CC1. The summed E-state index contributed by atoms with van der Waals surface area (Å²) in [5.41, 5.74) is 0.411. The zero-order chi connectivity index (χ0) is 15.9. The molecule has 22 heavy (non-hydrogen) atoms. The monoisotopic (exact) mass is 303 g/mol. The third kappa shape index (κ3) is 2.25. The van der Waals surface area contributed by atoms with Crippen LogP contribution in [-0.2, 0) is 15.0 Å². The molecule has 0 radical (unpaired) electrons. The van der Waals surface area contributed by atoms with Gasteiger partial charge in [0.2, 0.25) is 5.91 Å². The molecule has 5 heteroatoms. The molecule has 1 aliphatic carbocycles. The molecule has 1 N–H and O–H groups in total. The average molecular weight is 303 g/mol. The Balaban J connectivity index is 1.85. The highest BCUT2D eigenvalue weighted by atomic mass is 16.5. The van der Waals surface area contributed by atoms with Gasteiger partial charge in [-0.25, -0.2) is 0 Å². The minimum absolute atomic E-state index is 0.00470. The second kappa shape index (κ2) is 5.30. The summed E-state index contributed by atoms with van der Waals surface area (Å²) in [5, 5.41) is 9.24. The summed E-state index contributed by atoms with van der Waals surface area (Å²) in [6, 6.07) is 7.62. The van der Waals surface area contributed by atoms with Crippen molar-refractivity contribution in [1.29, 1.82) is 0 Å². The molecule has 2 aliphatic rings. The van der Waals surface area contributed by atoms with Crippen molar-refractivity contribution < 1.29 is 19.4 Å². The lowest BCUT2D eigenvalue weighted by atomic mass is 9.93. The number of nitrogens with zero attached hydrogens (tertiary/aromatic N) is 1. The fraction of sp³-hybridized carbons (Fsp3) is 0.529. The summed E-state index contributed by atoms with van der Waals surface area (Å²) in [6.45, 7) is 2.73. The molecule has 118 valence electrons. The molecule has 2 fully saturated rings. The first-order valence-corrected chi connectivity index (χ1v) is 7.65. The smallest absolute Gasteiger partial charge is 0.308 e. The number of methoxy groups -OCH3 is 1. The largest absolute Gasteiger partial charge is 0.496 e. The minimum atomic E-state index is -0.815. The average Bonchev–Trinajstić information content (AvgIpc) is 3.23. The summed E-state index contributed by atoms with van der Waals surface area (Å²) < 4.78 is 5.40. The number of aliphatic carboxylic acids is 1. The van der Waals surface area contributed by atoms with Gasteiger partial charge in [-0.15, -0.1) is 0 Å². The van der Waals surface area contributed by atoms with E-state index >= 15 is 0 Å². The number of benzene rings is 1. The molecule has 2 atom stereocenters. The van der Waals surface area contributed by atoms with Crippen molar-refractivity contribution in [3.8, 4) is 5.75 Å². The van der Waals surface area contributed by atoms with E-state index in [1.165, 1.54) is 0 Å². The van der Waals surface area contributed by atoms with Crippen LogP contribution in [0.25, 0.3) is 0 Å². The van der Waals surface area contributed by atoms with Gasteiger partial charge < -0.3 is 14.7 Å². The number of amides is 1. The van der Waals surface area contributed by atoms with Crippen molar-refractivity contribution in [1.82, 2.24) is 4.90 Å². The number of likely N-dealkylation sites (tertiary alicyclic amines) is 1. The maximum atomic E-state index is 13.0. The number of hydrogen-bond acceptors (Lipinski definition) is 3. The Morgan fingerprint density at radius 2 is 1.95 bits per heavy atom. The molecule has 1 saturated carbocycles. The minimum Gasteiger partial charge on any atom is -0.496 e. The fourth-order valence-corrected chi connectivity index (χ4v) is 3.52. The van der Waals surface area contributed by atoms with Crippen LogP contribution in [0.5, 0.6) is 5.75 Å². The quantitative estimate of drug-likeness (QED) is 0.922. The number of ether oxygens (including phenoxy) is 1. The number of hydrogen-bond donors (Lipinski definition) is 1. The van der Waals surface area contributed by atoms with Gasteiger partial charge in [0.05, 0.1) is 18.4 Å². The van der Waals surface area contributed by atoms with E-state index in [0.717, 1.165) is 24.2 Å². The number of carboxylic acids is 1. The summed E-state index contributed by atoms with van der Waals surface area (Å²) >= 11 is 0. The highest BCUT2D eigenvalue weighted by molar-refractivity contribution is 5.92. The van der Waals surface area contributed by atoms with Crippen LogP contribution in [-0.4, -0.2) is 42.1 Å². The highest BCUT2D eigenvalue weighted by Gasteiger charge is 2.56. The molecular formula is C17H21NO4. The molecule has 1 heterocycles. The Kier molecular flexibility index (Phi) is 3.59. The van der Waals surface area contributed by atoms with E-state index in [9.17, 15) is 14.7 Å². The van der Waals surface area contributed by atoms with E-state index in [1.54, 1.807) is 12.0 Å². The Bertz CT molecular complexity index is 608. The molecule has 1 aromatic carbocycles. The molecule has 1 amide bonds. The van der Waals surface area contributed by atoms with Crippen LogP contribution >= 0.6 is 0 Å². The van der Waals surface area contributed by atoms with Crippen molar-refractivity contribution >= 4 is 11.9 Å². The van der Waals surface area contributed by atoms with E-state index in [1.807, 2.05) is 31.2 Å². The molecule has 1 saturated heterocycles. The zero-order valence-electron chi connectivity index (χ0n) is 12.9. The predicted octanol–water partition coefficient (Wildman–Crippen LogP) is 1.91. The van der Waals surface area contributed by atoms with Crippen LogP contribution < -0.4 is 4.74 Å². The van der Waals surface area contributed by atoms with Crippen LogP contribution in [0.1, 0.15) is 25.3 Å². The van der Waals surface area contributed by atoms with Crippen molar-refractivity contribution in [2.75, 3.05) is 20.2 Å². The maximum Gasteiger partial charge on any atom is 0.308 e. The molecule has 0 spiro atoms. The predicted molar refractivity (Wildman–Crippen MR) is 80.8 cm³/mol. The van der Waals surface area contributed by atoms with Crippen molar-refractivity contribution in [2.24, 2.45) is 11.8 Å². The third-order valence-corrected chi connectivity index (χ3v) is 5.00. The van der Waals surface area contributed by atoms with Gasteiger partial charge in [-0.05, 0) is 24.8 Å². The van der Waals surface area contributed by atoms with Crippen molar-refractivity contribution in [3.05, 3.63) is 29.8 Å². The Labute approximate surface area is 129 Å². The number of rotatable bonds is 4. The first-order chi connectivity index (χ1) is 10.5. The third-order valence-electron chi connectivity index (χ3n) is 5.00. The first-order valence-electron chi connectivity index (χ1n) is 7.65. The van der Waals surface area contributed by atoms with Crippen molar-refractivity contribution in [2.45, 2.75) is 25.2 Å². The van der Waals surface area contributed by atoms with E-state index in [-0.39, 0.29) is 11.8 Å². The molecule has 0 aromatic heterocycles. The van der Waals surface area contributed by atoms with Gasteiger partial charge >= 0.3 is 5.97 Å². The van der Waals surface area contributed by atoms with E-state index in [4.69, 9.17) is 4.74 Å². The Morgan fingerprint density at radius 3 is 2.50 bits per heavy atom. The van der Waals surface area contributed by atoms with E-state index in [2.05, 4.69) is 0 Å². The second-order valence-corrected chi connectivity index (χ2v) is 6.41. The molecule has 1 aromatic rings. The molecule has 1 aliphatic heterocycles. The molecule has 5 nitrogen and oxygen atoms in total. The van der Waals surface area contributed by atoms with Crippen LogP contribution in [0, 0.1) is 11.8 Å². The molecule has 0 unspecified atom stereocenters. The van der Waals surface area contributed by atoms with Gasteiger partial charge in [0.1, 0.15) is 5.75 Å². The van der Waals surface area contributed by atoms with Gasteiger partial charge in [-0.3, -0.25) is 9.59 Å². The molecular weight excluding hydrogens is 282 g/mol. The van der Waals surface area contributed by atoms with Crippen LogP contribution in [0.3, 0.4) is 0 Å². The number of carboxylic acid groups (broad SMARTS) is 1.